The van der Waals surface area contributed by atoms with Crippen LogP contribution in [0.1, 0.15) is 53.9 Å². The minimum absolute atomic E-state index is 0.534. The third-order valence-corrected chi connectivity index (χ3v) is 2.33. The number of allylic oxidation sites excluding steroid dienone is 1. The van der Waals surface area contributed by atoms with Gasteiger partial charge in [0.1, 0.15) is 0 Å². The quantitative estimate of drug-likeness (QED) is 0.615. The molecule has 0 saturated heterocycles. The number of hydrogen-bond donors (Lipinski definition) is 2. The molecule has 2 N–H and O–H groups in total. The second-order valence-corrected chi connectivity index (χ2v) is 3.55. The molecule has 15 heavy (non-hydrogen) atoms. The van der Waals surface area contributed by atoms with Crippen LogP contribution in [0.2, 0.25) is 0 Å². The van der Waals surface area contributed by atoms with Gasteiger partial charge in [-0.15, -0.1) is 0 Å². The molecule has 0 aliphatic rings. The zero-order chi connectivity index (χ0) is 12.3. The molecule has 0 spiro atoms. The summed E-state index contributed by atoms with van der Waals surface area (Å²) in [4.78, 5) is 0. The van der Waals surface area contributed by atoms with E-state index in [1.165, 1.54) is 19.3 Å². The van der Waals surface area contributed by atoms with Crippen molar-refractivity contribution in [2.75, 3.05) is 6.54 Å². The summed E-state index contributed by atoms with van der Waals surface area (Å²) < 4.78 is 0. The van der Waals surface area contributed by atoms with E-state index in [0.29, 0.717) is 5.71 Å². The SMILES string of the molecule is C=C(NCC(CC)CCC)C(C)=N.CC. The molecule has 0 fully saturated rings. The lowest BCUT2D eigenvalue weighted by atomic mass is 10.0. The zero-order valence-corrected chi connectivity index (χ0v) is 11.1. The molecule has 2 heteroatoms. The van der Waals surface area contributed by atoms with Crippen molar-refractivity contribution in [1.82, 2.24) is 5.32 Å². The minimum Gasteiger partial charge on any atom is -0.384 e. The van der Waals surface area contributed by atoms with E-state index in [2.05, 4.69) is 25.7 Å². The Morgan fingerprint density at radius 3 is 2.20 bits per heavy atom. The van der Waals surface area contributed by atoms with Gasteiger partial charge in [-0.25, -0.2) is 0 Å². The standard InChI is InChI=1S/C11H22N2.C2H6/c1-5-7-11(6-2)8-13-10(4)9(3)12;1-2/h11-13H,4-8H2,1-3H3;1-2H3. The minimum atomic E-state index is 0.534. The maximum atomic E-state index is 7.34. The van der Waals surface area contributed by atoms with Crippen LogP contribution in [0.15, 0.2) is 12.3 Å². The van der Waals surface area contributed by atoms with Crippen molar-refractivity contribution in [2.45, 2.75) is 53.9 Å². The predicted molar refractivity (Wildman–Crippen MR) is 70.6 cm³/mol. The Hall–Kier alpha value is -0.790. The summed E-state index contributed by atoms with van der Waals surface area (Å²) >= 11 is 0. The average Bonchev–Trinajstić information content (AvgIpc) is 2.26. The molecule has 90 valence electrons. The van der Waals surface area contributed by atoms with E-state index >= 15 is 0 Å². The fraction of sp³-hybridized carbons (Fsp3) is 0.769. The lowest BCUT2D eigenvalue weighted by Crippen LogP contribution is -2.24. The maximum absolute atomic E-state index is 7.34. The first-order valence-corrected chi connectivity index (χ1v) is 6.10. The van der Waals surface area contributed by atoms with E-state index in [4.69, 9.17) is 5.41 Å². The van der Waals surface area contributed by atoms with Crippen LogP contribution in [0.25, 0.3) is 0 Å². The van der Waals surface area contributed by atoms with Crippen LogP contribution >= 0.6 is 0 Å². The van der Waals surface area contributed by atoms with Gasteiger partial charge in [0, 0.05) is 12.2 Å². The van der Waals surface area contributed by atoms with Gasteiger partial charge < -0.3 is 10.7 Å². The normalized spacial score (nSPS) is 11.0. The molecule has 1 atom stereocenters. The molecule has 0 heterocycles. The van der Waals surface area contributed by atoms with Gasteiger partial charge in [0.25, 0.3) is 0 Å². The van der Waals surface area contributed by atoms with Crippen molar-refractivity contribution in [3.63, 3.8) is 0 Å². The highest BCUT2D eigenvalue weighted by Crippen LogP contribution is 2.09. The van der Waals surface area contributed by atoms with E-state index in [-0.39, 0.29) is 0 Å². The summed E-state index contributed by atoms with van der Waals surface area (Å²) in [6.07, 6.45) is 3.69. The fourth-order valence-electron chi connectivity index (χ4n) is 1.26. The topological polar surface area (TPSA) is 35.9 Å². The van der Waals surface area contributed by atoms with E-state index < -0.39 is 0 Å². The van der Waals surface area contributed by atoms with Gasteiger partial charge in [-0.05, 0) is 19.3 Å². The van der Waals surface area contributed by atoms with Crippen LogP contribution < -0.4 is 5.32 Å². The molecule has 0 rings (SSSR count). The molecule has 0 saturated carbocycles. The highest BCUT2D eigenvalue weighted by Gasteiger charge is 2.05. The molecule has 1 unspecified atom stereocenters. The number of nitrogens with one attached hydrogen (secondary N) is 2. The molecule has 0 aliphatic heterocycles. The van der Waals surface area contributed by atoms with Gasteiger partial charge >= 0.3 is 0 Å². The number of rotatable bonds is 7. The van der Waals surface area contributed by atoms with Gasteiger partial charge in [0.2, 0.25) is 0 Å². The highest BCUT2D eigenvalue weighted by molar-refractivity contribution is 5.94. The lowest BCUT2D eigenvalue weighted by Gasteiger charge is -2.16. The highest BCUT2D eigenvalue weighted by atomic mass is 14.9. The third kappa shape index (κ3) is 9.51. The molecular formula is C13H28N2. The molecule has 0 amide bonds. The van der Waals surface area contributed by atoms with Crippen LogP contribution in [0.3, 0.4) is 0 Å². The molecule has 0 radical (unpaired) electrons. The summed E-state index contributed by atoms with van der Waals surface area (Å²) in [7, 11) is 0. The first-order chi connectivity index (χ1) is 7.11. The molecule has 2 nitrogen and oxygen atoms in total. The molecule has 0 aliphatic carbocycles. The summed E-state index contributed by atoms with van der Waals surface area (Å²) in [6.45, 7) is 14.9. The van der Waals surface area contributed by atoms with E-state index in [1.54, 1.807) is 6.92 Å². The summed E-state index contributed by atoms with van der Waals surface area (Å²) in [5, 5.41) is 10.5. The van der Waals surface area contributed by atoms with Crippen LogP contribution in [0, 0.1) is 11.3 Å². The molecule has 0 aromatic carbocycles. The zero-order valence-electron chi connectivity index (χ0n) is 11.1. The Labute approximate surface area is 95.7 Å². The lowest BCUT2D eigenvalue weighted by molar-refractivity contribution is 0.450. The number of hydrogen-bond acceptors (Lipinski definition) is 2. The Morgan fingerprint density at radius 1 is 1.33 bits per heavy atom. The molecule has 0 aromatic heterocycles. The van der Waals surface area contributed by atoms with Crippen molar-refractivity contribution in [3.8, 4) is 0 Å². The van der Waals surface area contributed by atoms with Gasteiger partial charge in [-0.3, -0.25) is 0 Å². The van der Waals surface area contributed by atoms with Gasteiger partial charge in [0.05, 0.1) is 5.71 Å². The second-order valence-electron chi connectivity index (χ2n) is 3.55. The Kier molecular flexibility index (Phi) is 12.5. The maximum Gasteiger partial charge on any atom is 0.0507 e. The molecular weight excluding hydrogens is 184 g/mol. The Morgan fingerprint density at radius 2 is 1.87 bits per heavy atom. The van der Waals surface area contributed by atoms with Crippen LogP contribution in [-0.4, -0.2) is 12.3 Å². The second kappa shape index (κ2) is 11.3. The third-order valence-electron chi connectivity index (χ3n) is 2.33. The van der Waals surface area contributed by atoms with Gasteiger partial charge in [0.15, 0.2) is 0 Å². The van der Waals surface area contributed by atoms with E-state index in [0.717, 1.165) is 18.2 Å². The van der Waals surface area contributed by atoms with E-state index in [1.807, 2.05) is 13.8 Å². The van der Waals surface area contributed by atoms with Crippen molar-refractivity contribution in [3.05, 3.63) is 12.3 Å². The van der Waals surface area contributed by atoms with Crippen molar-refractivity contribution >= 4 is 5.71 Å². The van der Waals surface area contributed by atoms with Crippen LogP contribution in [0.5, 0.6) is 0 Å². The molecule has 0 aromatic rings. The van der Waals surface area contributed by atoms with Gasteiger partial charge in [-0.1, -0.05) is 47.1 Å². The summed E-state index contributed by atoms with van der Waals surface area (Å²) in [6, 6.07) is 0. The first-order valence-electron chi connectivity index (χ1n) is 6.10. The smallest absolute Gasteiger partial charge is 0.0507 e. The largest absolute Gasteiger partial charge is 0.384 e. The van der Waals surface area contributed by atoms with Crippen LogP contribution in [-0.2, 0) is 0 Å². The van der Waals surface area contributed by atoms with Crippen molar-refractivity contribution < 1.29 is 0 Å². The van der Waals surface area contributed by atoms with E-state index in [9.17, 15) is 0 Å². The van der Waals surface area contributed by atoms with Crippen molar-refractivity contribution in [1.29, 1.82) is 5.41 Å². The Balaban J connectivity index is 0. The Bertz CT molecular complexity index is 173. The molecule has 0 bridgehead atoms. The average molecular weight is 212 g/mol. The monoisotopic (exact) mass is 212 g/mol. The summed E-state index contributed by atoms with van der Waals surface area (Å²) in [5.41, 5.74) is 1.29. The predicted octanol–water partition coefficient (Wildman–Crippen LogP) is 3.98. The first kappa shape index (κ1) is 16.6. The fourth-order valence-corrected chi connectivity index (χ4v) is 1.26. The summed E-state index contributed by atoms with van der Waals surface area (Å²) in [5.74, 6) is 0.723. The van der Waals surface area contributed by atoms with Crippen molar-refractivity contribution in [2.24, 2.45) is 5.92 Å². The van der Waals surface area contributed by atoms with Crippen LogP contribution in [0.4, 0.5) is 0 Å². The van der Waals surface area contributed by atoms with Gasteiger partial charge in [-0.2, -0.15) is 0 Å².